The monoisotopic (exact) mass is 400 g/mol. The van der Waals surface area contributed by atoms with Gasteiger partial charge in [0.15, 0.2) is 0 Å². The molecule has 0 amide bonds. The van der Waals surface area contributed by atoms with Crippen molar-refractivity contribution in [3.05, 3.63) is 0 Å². The quantitative estimate of drug-likeness (QED) is 0.201. The summed E-state index contributed by atoms with van der Waals surface area (Å²) in [7, 11) is 0. The van der Waals surface area contributed by atoms with E-state index in [-0.39, 0.29) is 5.60 Å². The molecule has 0 heterocycles. The van der Waals surface area contributed by atoms with Crippen molar-refractivity contribution in [1.82, 2.24) is 0 Å². The maximum atomic E-state index is 5.79. The van der Waals surface area contributed by atoms with Crippen molar-refractivity contribution in [2.75, 3.05) is 19.8 Å². The molecule has 0 saturated heterocycles. The average Bonchev–Trinajstić information content (AvgIpc) is 2.67. The Morgan fingerprint density at radius 1 is 0.607 bits per heavy atom. The first kappa shape index (κ1) is 30.1. The standard InChI is InChI=1S/C24H50O2.C2H6/c1-6-7-8-9-10-11-12-13-14-15-16-17-18-19-20-25-21-23(2)22-26-24(3,4)5;1-2/h23H,6-22H2,1-5H3;1-2H3. The predicted molar refractivity (Wildman–Crippen MR) is 127 cm³/mol. The smallest absolute Gasteiger partial charge is 0.0598 e. The normalized spacial score (nSPS) is 12.5. The highest BCUT2D eigenvalue weighted by Gasteiger charge is 2.12. The minimum Gasteiger partial charge on any atom is -0.381 e. The second-order valence-corrected chi connectivity index (χ2v) is 9.20. The molecule has 1 atom stereocenters. The highest BCUT2D eigenvalue weighted by Crippen LogP contribution is 2.13. The van der Waals surface area contributed by atoms with E-state index >= 15 is 0 Å². The molecular weight excluding hydrogens is 344 g/mol. The molecule has 0 aliphatic rings. The molecule has 1 unspecified atom stereocenters. The third-order valence-corrected chi connectivity index (χ3v) is 4.85. The minimum atomic E-state index is -0.0388. The summed E-state index contributed by atoms with van der Waals surface area (Å²) in [6, 6.07) is 0. The van der Waals surface area contributed by atoms with Crippen LogP contribution in [0.4, 0.5) is 0 Å². The molecule has 0 rings (SSSR count). The largest absolute Gasteiger partial charge is 0.381 e. The van der Waals surface area contributed by atoms with E-state index in [1.54, 1.807) is 0 Å². The Labute approximate surface area is 179 Å². The maximum absolute atomic E-state index is 5.79. The fourth-order valence-electron chi connectivity index (χ4n) is 3.12. The van der Waals surface area contributed by atoms with E-state index in [4.69, 9.17) is 9.47 Å². The number of hydrogen-bond donors (Lipinski definition) is 0. The molecule has 0 bridgehead atoms. The Morgan fingerprint density at radius 3 is 1.39 bits per heavy atom. The van der Waals surface area contributed by atoms with E-state index in [9.17, 15) is 0 Å². The van der Waals surface area contributed by atoms with Crippen molar-refractivity contribution in [3.8, 4) is 0 Å². The van der Waals surface area contributed by atoms with Crippen LogP contribution in [0.15, 0.2) is 0 Å². The van der Waals surface area contributed by atoms with Gasteiger partial charge in [0.05, 0.1) is 18.8 Å². The first-order valence-electron chi connectivity index (χ1n) is 12.7. The van der Waals surface area contributed by atoms with Crippen LogP contribution >= 0.6 is 0 Å². The van der Waals surface area contributed by atoms with Gasteiger partial charge in [-0.05, 0) is 27.2 Å². The van der Waals surface area contributed by atoms with Gasteiger partial charge in [-0.2, -0.15) is 0 Å². The van der Waals surface area contributed by atoms with Gasteiger partial charge in [0.2, 0.25) is 0 Å². The van der Waals surface area contributed by atoms with Crippen LogP contribution in [0.1, 0.15) is 138 Å². The number of ether oxygens (including phenoxy) is 2. The summed E-state index contributed by atoms with van der Waals surface area (Å²) in [5.74, 6) is 0.487. The van der Waals surface area contributed by atoms with Gasteiger partial charge in [-0.1, -0.05) is 111 Å². The SMILES string of the molecule is CC.CCCCCCCCCCCCCCCCOCC(C)COC(C)(C)C. The van der Waals surface area contributed by atoms with Crippen molar-refractivity contribution >= 4 is 0 Å². The van der Waals surface area contributed by atoms with Crippen LogP contribution in [0.3, 0.4) is 0 Å². The predicted octanol–water partition coefficient (Wildman–Crippen LogP) is 8.96. The van der Waals surface area contributed by atoms with E-state index in [0.717, 1.165) is 19.8 Å². The topological polar surface area (TPSA) is 18.5 Å². The van der Waals surface area contributed by atoms with E-state index in [2.05, 4.69) is 34.6 Å². The molecule has 172 valence electrons. The average molecular weight is 401 g/mol. The fourth-order valence-corrected chi connectivity index (χ4v) is 3.12. The van der Waals surface area contributed by atoms with Gasteiger partial charge in [0.25, 0.3) is 0 Å². The van der Waals surface area contributed by atoms with Crippen LogP contribution in [0, 0.1) is 5.92 Å². The van der Waals surface area contributed by atoms with Crippen LogP contribution in [0.5, 0.6) is 0 Å². The minimum absolute atomic E-state index is 0.0388. The molecule has 0 fully saturated rings. The van der Waals surface area contributed by atoms with Gasteiger partial charge in [0, 0.05) is 12.5 Å². The molecule has 0 radical (unpaired) electrons. The first-order valence-corrected chi connectivity index (χ1v) is 12.7. The number of unbranched alkanes of at least 4 members (excludes halogenated alkanes) is 13. The summed E-state index contributed by atoms with van der Waals surface area (Å²) in [5.41, 5.74) is -0.0388. The Bertz CT molecular complexity index is 270. The lowest BCUT2D eigenvalue weighted by atomic mass is 10.0. The zero-order chi connectivity index (χ0) is 21.5. The van der Waals surface area contributed by atoms with Gasteiger partial charge >= 0.3 is 0 Å². The van der Waals surface area contributed by atoms with E-state index < -0.39 is 0 Å². The summed E-state index contributed by atoms with van der Waals surface area (Å²) in [5, 5.41) is 0. The van der Waals surface area contributed by atoms with Gasteiger partial charge in [0.1, 0.15) is 0 Å². The third-order valence-electron chi connectivity index (χ3n) is 4.85. The molecule has 0 aromatic rings. The van der Waals surface area contributed by atoms with E-state index in [1.807, 2.05) is 13.8 Å². The van der Waals surface area contributed by atoms with Crippen LogP contribution < -0.4 is 0 Å². The second kappa shape index (κ2) is 23.2. The van der Waals surface area contributed by atoms with Crippen LogP contribution in [-0.2, 0) is 9.47 Å². The molecule has 0 aromatic heterocycles. The molecular formula is C26H56O2. The first-order chi connectivity index (χ1) is 13.5. The van der Waals surface area contributed by atoms with Crippen molar-refractivity contribution < 1.29 is 9.47 Å². The molecule has 0 spiro atoms. The van der Waals surface area contributed by atoms with E-state index in [0.29, 0.717) is 5.92 Å². The van der Waals surface area contributed by atoms with Gasteiger partial charge < -0.3 is 9.47 Å². The molecule has 0 aromatic carbocycles. The molecule has 2 nitrogen and oxygen atoms in total. The van der Waals surface area contributed by atoms with Crippen molar-refractivity contribution in [3.63, 3.8) is 0 Å². The lowest BCUT2D eigenvalue weighted by molar-refractivity contribution is -0.0354. The summed E-state index contributed by atoms with van der Waals surface area (Å²) in [6.07, 6.45) is 19.7. The fraction of sp³-hybridized carbons (Fsp3) is 1.00. The Hall–Kier alpha value is -0.0800. The van der Waals surface area contributed by atoms with Crippen molar-refractivity contribution in [2.45, 2.75) is 144 Å². The van der Waals surface area contributed by atoms with Crippen molar-refractivity contribution in [2.24, 2.45) is 5.92 Å². The molecule has 0 aliphatic carbocycles. The van der Waals surface area contributed by atoms with E-state index in [1.165, 1.54) is 89.9 Å². The van der Waals surface area contributed by atoms with Gasteiger partial charge in [-0.25, -0.2) is 0 Å². The Kier molecular flexibility index (Phi) is 25.0. The highest BCUT2D eigenvalue weighted by atomic mass is 16.5. The zero-order valence-corrected chi connectivity index (χ0v) is 20.9. The van der Waals surface area contributed by atoms with Crippen molar-refractivity contribution in [1.29, 1.82) is 0 Å². The Balaban J connectivity index is 0. The molecule has 2 heteroatoms. The molecule has 0 aliphatic heterocycles. The van der Waals surface area contributed by atoms with Crippen LogP contribution in [0.2, 0.25) is 0 Å². The summed E-state index contributed by atoms with van der Waals surface area (Å²) in [4.78, 5) is 0. The summed E-state index contributed by atoms with van der Waals surface area (Å²) in [6.45, 7) is 17.4. The summed E-state index contributed by atoms with van der Waals surface area (Å²) < 4.78 is 11.6. The van der Waals surface area contributed by atoms with Crippen LogP contribution in [0.25, 0.3) is 0 Å². The highest BCUT2D eigenvalue weighted by molar-refractivity contribution is 4.60. The third kappa shape index (κ3) is 28.1. The summed E-state index contributed by atoms with van der Waals surface area (Å²) >= 11 is 0. The van der Waals surface area contributed by atoms with Gasteiger partial charge in [-0.15, -0.1) is 0 Å². The molecule has 0 N–H and O–H groups in total. The number of rotatable bonds is 19. The van der Waals surface area contributed by atoms with Gasteiger partial charge in [-0.3, -0.25) is 0 Å². The number of hydrogen-bond acceptors (Lipinski definition) is 2. The maximum Gasteiger partial charge on any atom is 0.0598 e. The second-order valence-electron chi connectivity index (χ2n) is 9.20. The zero-order valence-electron chi connectivity index (χ0n) is 20.9. The molecule has 28 heavy (non-hydrogen) atoms. The van der Waals surface area contributed by atoms with Crippen LogP contribution in [-0.4, -0.2) is 25.4 Å². The lowest BCUT2D eigenvalue weighted by Gasteiger charge is -2.22. The lowest BCUT2D eigenvalue weighted by Crippen LogP contribution is -2.24. The molecule has 0 saturated carbocycles. The Morgan fingerprint density at radius 2 is 1.00 bits per heavy atom.